The van der Waals surface area contributed by atoms with Gasteiger partial charge in [-0.1, -0.05) is 19.0 Å². The minimum atomic E-state index is 0. The van der Waals surface area contributed by atoms with Crippen LogP contribution in [0.3, 0.4) is 0 Å². The lowest BCUT2D eigenvalue weighted by Gasteiger charge is -1.91. The van der Waals surface area contributed by atoms with Crippen LogP contribution in [0.25, 0.3) is 0 Å². The molecule has 0 saturated heterocycles. The zero-order valence-corrected chi connectivity index (χ0v) is 7.75. The third-order valence-corrected chi connectivity index (χ3v) is 2.65. The van der Waals surface area contributed by atoms with E-state index in [4.69, 9.17) is 16.3 Å². The molecule has 4 heteroatoms. The van der Waals surface area contributed by atoms with Crippen LogP contribution in [0.1, 0.15) is 24.0 Å². The average molecular weight is 207 g/mol. The summed E-state index contributed by atoms with van der Waals surface area (Å²) in [6, 6.07) is 1.65. The van der Waals surface area contributed by atoms with Crippen molar-refractivity contribution in [1.82, 2.24) is 0 Å². The van der Waals surface area contributed by atoms with E-state index in [1.54, 1.807) is 6.07 Å². The SMILES string of the molecule is C.COc1cc(C(C)=O)sc1Cl. The largest absolute Gasteiger partial charge is 0.494 e. The molecule has 2 nitrogen and oxygen atoms in total. The molecule has 12 heavy (non-hydrogen) atoms. The predicted molar refractivity (Wildman–Crippen MR) is 52.6 cm³/mol. The maximum absolute atomic E-state index is 10.8. The number of hydrogen-bond acceptors (Lipinski definition) is 3. The second kappa shape index (κ2) is 4.48. The summed E-state index contributed by atoms with van der Waals surface area (Å²) >= 11 is 6.97. The van der Waals surface area contributed by atoms with Crippen molar-refractivity contribution in [3.63, 3.8) is 0 Å². The van der Waals surface area contributed by atoms with Crippen LogP contribution in [0.15, 0.2) is 6.07 Å². The number of hydrogen-bond donors (Lipinski definition) is 0. The molecule has 0 N–H and O–H groups in total. The molecule has 0 aliphatic rings. The Morgan fingerprint density at radius 2 is 2.25 bits per heavy atom. The van der Waals surface area contributed by atoms with Crippen LogP contribution in [0.2, 0.25) is 4.34 Å². The van der Waals surface area contributed by atoms with E-state index in [1.807, 2.05) is 0 Å². The van der Waals surface area contributed by atoms with Crippen molar-refractivity contribution < 1.29 is 9.53 Å². The summed E-state index contributed by atoms with van der Waals surface area (Å²) in [5.74, 6) is 0.585. The van der Waals surface area contributed by atoms with Crippen LogP contribution >= 0.6 is 22.9 Å². The number of thiophene rings is 1. The average Bonchev–Trinajstić information content (AvgIpc) is 2.31. The van der Waals surface area contributed by atoms with E-state index in [9.17, 15) is 4.79 Å². The molecule has 1 aromatic heterocycles. The van der Waals surface area contributed by atoms with Gasteiger partial charge in [0, 0.05) is 6.07 Å². The first-order chi connectivity index (χ1) is 5.15. The van der Waals surface area contributed by atoms with Gasteiger partial charge in [0.15, 0.2) is 5.78 Å². The summed E-state index contributed by atoms with van der Waals surface area (Å²) in [4.78, 5) is 11.5. The predicted octanol–water partition coefficient (Wildman–Crippen LogP) is 3.25. The number of Topliss-reactive ketones (excluding diaryl/α,β-unsaturated/α-hetero) is 1. The van der Waals surface area contributed by atoms with Crippen LogP contribution in [0, 0.1) is 0 Å². The van der Waals surface area contributed by atoms with Gasteiger partial charge in [-0.25, -0.2) is 0 Å². The molecule has 1 aromatic rings. The van der Waals surface area contributed by atoms with E-state index >= 15 is 0 Å². The maximum Gasteiger partial charge on any atom is 0.169 e. The van der Waals surface area contributed by atoms with Gasteiger partial charge >= 0.3 is 0 Å². The van der Waals surface area contributed by atoms with Crippen LogP contribution in [-0.2, 0) is 0 Å². The second-order valence-corrected chi connectivity index (χ2v) is 3.66. The Kier molecular flexibility index (Phi) is 4.28. The number of carbonyl (C=O) groups is 1. The van der Waals surface area contributed by atoms with Crippen molar-refractivity contribution in [3.05, 3.63) is 15.3 Å². The lowest BCUT2D eigenvalue weighted by atomic mass is 10.3. The molecule has 68 valence electrons. The molecule has 0 aliphatic heterocycles. The minimum Gasteiger partial charge on any atom is -0.494 e. The van der Waals surface area contributed by atoms with E-state index in [-0.39, 0.29) is 13.2 Å². The fraction of sp³-hybridized carbons (Fsp3) is 0.375. The topological polar surface area (TPSA) is 26.3 Å². The lowest BCUT2D eigenvalue weighted by molar-refractivity contribution is 0.102. The molecule has 0 bridgehead atoms. The number of carbonyl (C=O) groups excluding carboxylic acids is 1. The molecule has 0 spiro atoms. The van der Waals surface area contributed by atoms with Crippen LogP contribution in [0.5, 0.6) is 5.75 Å². The van der Waals surface area contributed by atoms with E-state index < -0.39 is 0 Å². The molecular formula is C8H11ClO2S. The fourth-order valence-corrected chi connectivity index (χ4v) is 1.79. The van der Waals surface area contributed by atoms with Crippen molar-refractivity contribution in [3.8, 4) is 5.75 Å². The summed E-state index contributed by atoms with van der Waals surface area (Å²) < 4.78 is 5.43. The van der Waals surface area contributed by atoms with E-state index in [1.165, 1.54) is 25.4 Å². The molecule has 0 unspecified atom stereocenters. The number of halogens is 1. The summed E-state index contributed by atoms with van der Waals surface area (Å²) in [5.41, 5.74) is 0. The maximum atomic E-state index is 10.8. The second-order valence-electron chi connectivity index (χ2n) is 2.01. The van der Waals surface area contributed by atoms with Crippen molar-refractivity contribution in [2.24, 2.45) is 0 Å². The number of methoxy groups -OCH3 is 1. The fourth-order valence-electron chi connectivity index (χ4n) is 0.665. The van der Waals surface area contributed by atoms with Crippen molar-refractivity contribution in [1.29, 1.82) is 0 Å². The van der Waals surface area contributed by atoms with Crippen LogP contribution in [-0.4, -0.2) is 12.9 Å². The van der Waals surface area contributed by atoms with Gasteiger partial charge < -0.3 is 4.74 Å². The Morgan fingerprint density at radius 3 is 2.50 bits per heavy atom. The normalized spacial score (nSPS) is 8.92. The molecule has 0 aliphatic carbocycles. The highest BCUT2D eigenvalue weighted by Gasteiger charge is 2.09. The van der Waals surface area contributed by atoms with Gasteiger partial charge in [-0.3, -0.25) is 4.79 Å². The molecule has 1 rings (SSSR count). The molecule has 0 atom stereocenters. The number of ketones is 1. The van der Waals surface area contributed by atoms with Gasteiger partial charge in [0.05, 0.1) is 12.0 Å². The first kappa shape index (κ1) is 11.5. The van der Waals surface area contributed by atoms with Crippen molar-refractivity contribution >= 4 is 28.7 Å². The highest BCUT2D eigenvalue weighted by molar-refractivity contribution is 7.18. The first-order valence-electron chi connectivity index (χ1n) is 2.99. The third-order valence-electron chi connectivity index (χ3n) is 1.22. The molecule has 1 heterocycles. The van der Waals surface area contributed by atoms with Gasteiger partial charge in [0.1, 0.15) is 10.1 Å². The molecule has 0 amide bonds. The smallest absolute Gasteiger partial charge is 0.169 e. The molecular weight excluding hydrogens is 196 g/mol. The highest BCUT2D eigenvalue weighted by atomic mass is 35.5. The summed E-state index contributed by atoms with van der Waals surface area (Å²) in [5, 5.41) is 0. The first-order valence-corrected chi connectivity index (χ1v) is 4.19. The van der Waals surface area contributed by atoms with Crippen molar-refractivity contribution in [2.75, 3.05) is 7.11 Å². The zero-order valence-electron chi connectivity index (χ0n) is 6.18. The molecule has 0 saturated carbocycles. The lowest BCUT2D eigenvalue weighted by Crippen LogP contribution is -1.84. The Bertz CT molecular complexity index is 281. The summed E-state index contributed by atoms with van der Waals surface area (Å²) in [7, 11) is 1.53. The van der Waals surface area contributed by atoms with Crippen molar-refractivity contribution in [2.45, 2.75) is 14.4 Å². The minimum absolute atomic E-state index is 0. The number of rotatable bonds is 2. The van der Waals surface area contributed by atoms with Gasteiger partial charge in [0.2, 0.25) is 0 Å². The standard InChI is InChI=1S/C7H7ClO2S.CH4/c1-4(9)6-3-5(10-2)7(8)11-6;/h3H,1-2H3;1H4. The molecule has 0 radical (unpaired) electrons. The number of ether oxygens (including phenoxy) is 1. The zero-order chi connectivity index (χ0) is 8.43. The summed E-state index contributed by atoms with van der Waals surface area (Å²) in [6.07, 6.45) is 0. The Hall–Kier alpha value is -0.540. The Labute approximate surface area is 81.1 Å². The highest BCUT2D eigenvalue weighted by Crippen LogP contribution is 2.33. The molecule has 0 aromatic carbocycles. The van der Waals surface area contributed by atoms with Crippen LogP contribution in [0.4, 0.5) is 0 Å². The molecule has 0 fully saturated rings. The van der Waals surface area contributed by atoms with E-state index in [0.29, 0.717) is 15.0 Å². The van der Waals surface area contributed by atoms with E-state index in [0.717, 1.165) is 0 Å². The summed E-state index contributed by atoms with van der Waals surface area (Å²) in [6.45, 7) is 1.50. The third kappa shape index (κ3) is 2.22. The Balaban J connectivity index is 0.00000121. The Morgan fingerprint density at radius 1 is 1.67 bits per heavy atom. The van der Waals surface area contributed by atoms with E-state index in [2.05, 4.69) is 0 Å². The van der Waals surface area contributed by atoms with Crippen LogP contribution < -0.4 is 4.74 Å². The van der Waals surface area contributed by atoms with Gasteiger partial charge in [-0.15, -0.1) is 11.3 Å². The quantitative estimate of drug-likeness (QED) is 0.695. The van der Waals surface area contributed by atoms with Gasteiger partial charge in [-0.2, -0.15) is 0 Å². The monoisotopic (exact) mass is 206 g/mol. The van der Waals surface area contributed by atoms with Gasteiger partial charge in [-0.05, 0) is 6.92 Å². The van der Waals surface area contributed by atoms with Gasteiger partial charge in [0.25, 0.3) is 0 Å².